The summed E-state index contributed by atoms with van der Waals surface area (Å²) in [6.07, 6.45) is 0.847. The summed E-state index contributed by atoms with van der Waals surface area (Å²) in [4.78, 5) is 0. The molecule has 0 atom stereocenters. The molecule has 0 amide bonds. The molecule has 0 spiro atoms. The maximum Gasteiger partial charge on any atom is 0.205 e. The zero-order valence-corrected chi connectivity index (χ0v) is 12.6. The Morgan fingerprint density at radius 2 is 1.50 bits per heavy atom. The second kappa shape index (κ2) is 4.94. The van der Waals surface area contributed by atoms with Crippen LogP contribution in [-0.4, -0.2) is 0 Å². The largest absolute Gasteiger partial charge is 0.440 e. The van der Waals surface area contributed by atoms with Crippen LogP contribution in [0.25, 0.3) is 10.8 Å². The summed E-state index contributed by atoms with van der Waals surface area (Å²) in [5, 5.41) is 20.1. The molecule has 0 aromatic heterocycles. The predicted molar refractivity (Wildman–Crippen MR) is 86.3 cm³/mol. The highest BCUT2D eigenvalue weighted by molar-refractivity contribution is 5.94. The minimum Gasteiger partial charge on any atom is -0.440 e. The van der Waals surface area contributed by atoms with Gasteiger partial charge in [-0.15, -0.1) is 0 Å². The number of nitrogens with zero attached hydrogens (tertiary/aromatic N) is 2. The lowest BCUT2D eigenvalue weighted by molar-refractivity contribution is 0.399. The first-order valence-corrected chi connectivity index (χ1v) is 7.33. The summed E-state index contributed by atoms with van der Waals surface area (Å²) >= 11 is 0. The van der Waals surface area contributed by atoms with E-state index in [0.717, 1.165) is 21.9 Å². The minimum atomic E-state index is 0.133. The number of nitrogens with two attached hydrogens (primary N) is 2. The molecule has 0 saturated carbocycles. The van der Waals surface area contributed by atoms with Gasteiger partial charge >= 0.3 is 0 Å². The van der Waals surface area contributed by atoms with E-state index in [-0.39, 0.29) is 11.8 Å². The highest BCUT2D eigenvalue weighted by Gasteiger charge is 2.24. The average Bonchev–Trinajstić information content (AvgIpc) is 2.60. The van der Waals surface area contributed by atoms with Gasteiger partial charge in [-0.05, 0) is 17.5 Å². The van der Waals surface area contributed by atoms with Crippen molar-refractivity contribution in [2.24, 2.45) is 11.5 Å². The SMILES string of the molecule is N#CC1=C(N)Oc2ccc3c4c(ccc3c2C1)CC(C#N)=C(N)O4. The first kappa shape index (κ1) is 14.0. The van der Waals surface area contributed by atoms with Crippen LogP contribution in [0.4, 0.5) is 0 Å². The van der Waals surface area contributed by atoms with E-state index < -0.39 is 0 Å². The molecule has 0 saturated heterocycles. The van der Waals surface area contributed by atoms with Crippen LogP contribution in [-0.2, 0) is 12.8 Å². The summed E-state index contributed by atoms with van der Waals surface area (Å²) in [5.41, 5.74) is 14.2. The molecule has 2 aromatic rings. The van der Waals surface area contributed by atoms with Crippen molar-refractivity contribution in [2.45, 2.75) is 12.8 Å². The van der Waals surface area contributed by atoms with Crippen molar-refractivity contribution in [3.8, 4) is 23.6 Å². The third-order valence-corrected chi connectivity index (χ3v) is 4.32. The molecule has 24 heavy (non-hydrogen) atoms. The number of hydrogen-bond acceptors (Lipinski definition) is 6. The van der Waals surface area contributed by atoms with Gasteiger partial charge in [-0.2, -0.15) is 10.5 Å². The number of hydrogen-bond donors (Lipinski definition) is 2. The molecule has 116 valence electrons. The number of allylic oxidation sites excluding steroid dienone is 2. The van der Waals surface area contributed by atoms with Crippen LogP contribution in [0.1, 0.15) is 11.1 Å². The van der Waals surface area contributed by atoms with E-state index in [1.165, 1.54) is 0 Å². The molecule has 0 aliphatic carbocycles. The van der Waals surface area contributed by atoms with E-state index in [4.69, 9.17) is 26.2 Å². The lowest BCUT2D eigenvalue weighted by Crippen LogP contribution is -2.18. The fourth-order valence-corrected chi connectivity index (χ4v) is 3.09. The summed E-state index contributed by atoms with van der Waals surface area (Å²) in [6, 6.07) is 11.7. The van der Waals surface area contributed by atoms with E-state index in [0.29, 0.717) is 35.5 Å². The fraction of sp³-hybridized carbons (Fsp3) is 0.111. The molecular weight excluding hydrogens is 304 g/mol. The molecule has 0 bridgehead atoms. The number of benzene rings is 2. The van der Waals surface area contributed by atoms with Crippen LogP contribution < -0.4 is 20.9 Å². The molecule has 0 unspecified atom stereocenters. The maximum absolute atomic E-state index is 9.20. The number of nitriles is 2. The molecule has 4 rings (SSSR count). The number of ether oxygens (including phenoxy) is 2. The number of rotatable bonds is 0. The van der Waals surface area contributed by atoms with Crippen LogP contribution in [0.15, 0.2) is 47.2 Å². The summed E-state index contributed by atoms with van der Waals surface area (Å²) in [7, 11) is 0. The van der Waals surface area contributed by atoms with E-state index in [1.54, 1.807) is 0 Å². The Morgan fingerprint density at radius 1 is 0.833 bits per heavy atom. The third-order valence-electron chi connectivity index (χ3n) is 4.32. The molecular formula is C18H12N4O2. The Kier molecular flexibility index (Phi) is 2.88. The number of fused-ring (bicyclic) bond motifs is 5. The first-order chi connectivity index (χ1) is 11.6. The van der Waals surface area contributed by atoms with Crippen LogP contribution in [0.3, 0.4) is 0 Å². The molecule has 6 nitrogen and oxygen atoms in total. The van der Waals surface area contributed by atoms with Crippen molar-refractivity contribution in [1.29, 1.82) is 10.5 Å². The van der Waals surface area contributed by atoms with Gasteiger partial charge in [0, 0.05) is 29.4 Å². The highest BCUT2D eigenvalue weighted by Crippen LogP contribution is 2.41. The topological polar surface area (TPSA) is 118 Å². The molecule has 0 fully saturated rings. The van der Waals surface area contributed by atoms with E-state index in [9.17, 15) is 5.26 Å². The Hall–Kier alpha value is -3.64. The van der Waals surface area contributed by atoms with Gasteiger partial charge in [0.25, 0.3) is 0 Å². The smallest absolute Gasteiger partial charge is 0.205 e. The van der Waals surface area contributed by atoms with Gasteiger partial charge in [0.2, 0.25) is 11.8 Å². The molecule has 2 heterocycles. The van der Waals surface area contributed by atoms with E-state index in [1.807, 2.05) is 24.3 Å². The van der Waals surface area contributed by atoms with Crippen LogP contribution in [0.5, 0.6) is 11.5 Å². The predicted octanol–water partition coefficient (Wildman–Crippen LogP) is 2.10. The monoisotopic (exact) mass is 316 g/mol. The zero-order chi connectivity index (χ0) is 16.8. The Bertz CT molecular complexity index is 1050. The fourth-order valence-electron chi connectivity index (χ4n) is 3.09. The van der Waals surface area contributed by atoms with Crippen molar-refractivity contribution in [2.75, 3.05) is 0 Å². The van der Waals surface area contributed by atoms with Gasteiger partial charge in [-0.25, -0.2) is 0 Å². The molecule has 6 heteroatoms. The highest BCUT2D eigenvalue weighted by atomic mass is 16.5. The van der Waals surface area contributed by atoms with Crippen LogP contribution in [0, 0.1) is 22.7 Å². The van der Waals surface area contributed by atoms with Gasteiger partial charge in [0.15, 0.2) is 0 Å². The molecule has 2 aromatic carbocycles. The second-order valence-electron chi connectivity index (χ2n) is 5.66. The van der Waals surface area contributed by atoms with Gasteiger partial charge in [-0.1, -0.05) is 12.1 Å². The quantitative estimate of drug-likeness (QED) is 0.768. The summed E-state index contributed by atoms with van der Waals surface area (Å²) < 4.78 is 11.3. The van der Waals surface area contributed by atoms with Crippen molar-refractivity contribution in [3.63, 3.8) is 0 Å². The first-order valence-electron chi connectivity index (χ1n) is 7.33. The van der Waals surface area contributed by atoms with Crippen molar-refractivity contribution in [3.05, 3.63) is 58.3 Å². The third kappa shape index (κ3) is 1.87. The maximum atomic E-state index is 9.20. The lowest BCUT2D eigenvalue weighted by Gasteiger charge is -2.23. The van der Waals surface area contributed by atoms with Gasteiger partial charge in [0.05, 0.1) is 11.1 Å². The van der Waals surface area contributed by atoms with Crippen LogP contribution in [0.2, 0.25) is 0 Å². The Labute approximate surface area is 137 Å². The standard InChI is InChI=1S/C18H12N4O2/c19-7-10-5-9-1-2-12-13(16(9)24-18(10)22)3-4-15-14(12)6-11(8-20)17(21)23-15/h1-4H,5-6,21-22H2. The van der Waals surface area contributed by atoms with Gasteiger partial charge in [-0.3, -0.25) is 0 Å². The minimum absolute atomic E-state index is 0.133. The molecule has 2 aliphatic rings. The molecule has 0 radical (unpaired) electrons. The van der Waals surface area contributed by atoms with E-state index in [2.05, 4.69) is 12.1 Å². The summed E-state index contributed by atoms with van der Waals surface area (Å²) in [6.45, 7) is 0. The normalized spacial score (nSPS) is 15.8. The van der Waals surface area contributed by atoms with Crippen molar-refractivity contribution in [1.82, 2.24) is 0 Å². The Morgan fingerprint density at radius 3 is 2.25 bits per heavy atom. The summed E-state index contributed by atoms with van der Waals surface area (Å²) in [5.74, 6) is 1.56. The van der Waals surface area contributed by atoms with Gasteiger partial charge in [0.1, 0.15) is 23.6 Å². The van der Waals surface area contributed by atoms with E-state index >= 15 is 0 Å². The molecule has 2 aliphatic heterocycles. The second-order valence-corrected chi connectivity index (χ2v) is 5.66. The lowest BCUT2D eigenvalue weighted by atomic mass is 9.92. The zero-order valence-electron chi connectivity index (χ0n) is 12.6. The molecule has 4 N–H and O–H groups in total. The van der Waals surface area contributed by atoms with Crippen molar-refractivity contribution >= 4 is 10.8 Å². The Balaban J connectivity index is 1.91. The van der Waals surface area contributed by atoms with Crippen molar-refractivity contribution < 1.29 is 9.47 Å². The van der Waals surface area contributed by atoms with Gasteiger partial charge < -0.3 is 20.9 Å². The van der Waals surface area contributed by atoms with Crippen LogP contribution >= 0.6 is 0 Å². The average molecular weight is 316 g/mol.